The van der Waals surface area contributed by atoms with Crippen LogP contribution in [0.5, 0.6) is 0 Å². The summed E-state index contributed by atoms with van der Waals surface area (Å²) in [5, 5.41) is 6.14. The monoisotopic (exact) mass is 298 g/mol. The smallest absolute Gasteiger partial charge is 0.221 e. The second-order valence-corrected chi connectivity index (χ2v) is 7.98. The second-order valence-electron chi connectivity index (χ2n) is 7.98. The van der Waals surface area contributed by atoms with Crippen LogP contribution < -0.4 is 10.6 Å². The van der Waals surface area contributed by atoms with Gasteiger partial charge >= 0.3 is 0 Å². The lowest BCUT2D eigenvalue weighted by Crippen LogP contribution is -2.38. The quantitative estimate of drug-likeness (QED) is 0.643. The molecule has 0 saturated heterocycles. The number of rotatable bonds is 9. The zero-order valence-corrected chi connectivity index (χ0v) is 14.8. The van der Waals surface area contributed by atoms with Crippen molar-refractivity contribution in [2.75, 3.05) is 13.1 Å². The standard InChI is InChI=1S/C17H34N2O2/c1-16(2,3)11-9-14(20)8-7-12-18-15(21)10-13-19-17(4,5)6/h19H,7-13H2,1-6H3,(H,18,21). The average molecular weight is 298 g/mol. The topological polar surface area (TPSA) is 58.2 Å². The number of hydrogen-bond acceptors (Lipinski definition) is 3. The van der Waals surface area contributed by atoms with Gasteiger partial charge in [0.05, 0.1) is 0 Å². The van der Waals surface area contributed by atoms with Gasteiger partial charge in [-0.3, -0.25) is 9.59 Å². The van der Waals surface area contributed by atoms with Crippen LogP contribution in [0, 0.1) is 5.41 Å². The van der Waals surface area contributed by atoms with Gasteiger partial charge in [0.1, 0.15) is 5.78 Å². The fourth-order valence-corrected chi connectivity index (χ4v) is 1.79. The molecule has 0 aromatic carbocycles. The van der Waals surface area contributed by atoms with Gasteiger partial charge in [0, 0.05) is 37.9 Å². The van der Waals surface area contributed by atoms with Crippen molar-refractivity contribution in [1.29, 1.82) is 0 Å². The number of carbonyl (C=O) groups is 2. The van der Waals surface area contributed by atoms with Crippen molar-refractivity contribution >= 4 is 11.7 Å². The van der Waals surface area contributed by atoms with Gasteiger partial charge in [-0.1, -0.05) is 20.8 Å². The summed E-state index contributed by atoms with van der Waals surface area (Å²) in [4.78, 5) is 23.3. The maximum atomic E-state index is 11.7. The molecule has 0 unspecified atom stereocenters. The zero-order chi connectivity index (χ0) is 16.5. The molecule has 0 aromatic heterocycles. The van der Waals surface area contributed by atoms with Crippen molar-refractivity contribution < 1.29 is 9.59 Å². The molecule has 0 aliphatic carbocycles. The van der Waals surface area contributed by atoms with E-state index in [9.17, 15) is 9.59 Å². The lowest BCUT2D eigenvalue weighted by molar-refractivity contribution is -0.122. The van der Waals surface area contributed by atoms with Crippen LogP contribution in [0.2, 0.25) is 0 Å². The molecule has 21 heavy (non-hydrogen) atoms. The van der Waals surface area contributed by atoms with Crippen molar-refractivity contribution in [2.45, 2.75) is 79.2 Å². The van der Waals surface area contributed by atoms with E-state index < -0.39 is 0 Å². The largest absolute Gasteiger partial charge is 0.356 e. The molecule has 1 amide bonds. The third-order valence-corrected chi connectivity index (χ3v) is 3.12. The summed E-state index contributed by atoms with van der Waals surface area (Å²) in [5.74, 6) is 0.350. The minimum Gasteiger partial charge on any atom is -0.356 e. The molecular formula is C17H34N2O2. The third kappa shape index (κ3) is 15.3. The molecule has 0 aromatic rings. The Balaban J connectivity index is 3.58. The molecule has 0 heterocycles. The van der Waals surface area contributed by atoms with Crippen molar-refractivity contribution in [3.8, 4) is 0 Å². The molecule has 0 saturated carbocycles. The first kappa shape index (κ1) is 20.1. The van der Waals surface area contributed by atoms with E-state index in [0.717, 1.165) is 12.8 Å². The summed E-state index contributed by atoms with van der Waals surface area (Å²) < 4.78 is 0. The Hall–Kier alpha value is -0.900. The average Bonchev–Trinajstić information content (AvgIpc) is 2.29. The predicted octanol–water partition coefficient (Wildman–Crippen LogP) is 3.06. The maximum Gasteiger partial charge on any atom is 0.221 e. The summed E-state index contributed by atoms with van der Waals surface area (Å²) in [5.41, 5.74) is 0.254. The molecule has 0 bridgehead atoms. The fraction of sp³-hybridized carbons (Fsp3) is 0.882. The molecule has 4 nitrogen and oxygen atoms in total. The van der Waals surface area contributed by atoms with Crippen molar-refractivity contribution in [2.24, 2.45) is 5.41 Å². The van der Waals surface area contributed by atoms with Gasteiger partial charge in [-0.25, -0.2) is 0 Å². The van der Waals surface area contributed by atoms with Gasteiger partial charge in [-0.05, 0) is 39.0 Å². The Morgan fingerprint density at radius 1 is 0.857 bits per heavy atom. The highest BCUT2D eigenvalue weighted by Gasteiger charge is 2.13. The molecule has 0 fully saturated rings. The second kappa shape index (κ2) is 9.19. The maximum absolute atomic E-state index is 11.7. The molecular weight excluding hydrogens is 264 g/mol. The Bertz CT molecular complexity index is 325. The molecule has 0 aliphatic rings. The lowest BCUT2D eigenvalue weighted by Gasteiger charge is -2.20. The molecule has 2 N–H and O–H groups in total. The Morgan fingerprint density at radius 2 is 1.48 bits per heavy atom. The molecule has 0 spiro atoms. The van der Waals surface area contributed by atoms with E-state index in [4.69, 9.17) is 0 Å². The van der Waals surface area contributed by atoms with Gasteiger partial charge in [0.15, 0.2) is 0 Å². The first-order chi connectivity index (χ1) is 9.49. The van der Waals surface area contributed by atoms with Crippen LogP contribution in [-0.2, 0) is 9.59 Å². The fourth-order valence-electron chi connectivity index (χ4n) is 1.79. The van der Waals surface area contributed by atoms with Crippen LogP contribution in [0.1, 0.15) is 73.6 Å². The number of carbonyl (C=O) groups excluding carboxylic acids is 2. The summed E-state index contributed by atoms with van der Waals surface area (Å²) in [6, 6.07) is 0. The predicted molar refractivity (Wildman–Crippen MR) is 88.3 cm³/mol. The number of hydrogen-bond donors (Lipinski definition) is 2. The summed E-state index contributed by atoms with van der Waals surface area (Å²) in [6.07, 6.45) is 3.36. The molecule has 0 rings (SSSR count). The Kier molecular flexibility index (Phi) is 8.79. The van der Waals surface area contributed by atoms with Gasteiger partial charge in [-0.15, -0.1) is 0 Å². The zero-order valence-electron chi connectivity index (χ0n) is 14.8. The van der Waals surface area contributed by atoms with E-state index in [1.54, 1.807) is 0 Å². The highest BCUT2D eigenvalue weighted by Crippen LogP contribution is 2.21. The van der Waals surface area contributed by atoms with E-state index in [0.29, 0.717) is 38.1 Å². The summed E-state index contributed by atoms with van der Waals surface area (Å²) in [6.45, 7) is 13.9. The van der Waals surface area contributed by atoms with Crippen LogP contribution >= 0.6 is 0 Å². The van der Waals surface area contributed by atoms with E-state index >= 15 is 0 Å². The van der Waals surface area contributed by atoms with Crippen molar-refractivity contribution in [3.63, 3.8) is 0 Å². The number of amides is 1. The van der Waals surface area contributed by atoms with Crippen molar-refractivity contribution in [3.05, 3.63) is 0 Å². The highest BCUT2D eigenvalue weighted by molar-refractivity contribution is 5.78. The van der Waals surface area contributed by atoms with E-state index in [-0.39, 0.29) is 16.9 Å². The summed E-state index contributed by atoms with van der Waals surface area (Å²) >= 11 is 0. The molecule has 124 valence electrons. The first-order valence-corrected chi connectivity index (χ1v) is 8.03. The van der Waals surface area contributed by atoms with E-state index in [1.807, 2.05) is 0 Å². The van der Waals surface area contributed by atoms with Gasteiger partial charge < -0.3 is 10.6 Å². The SMILES string of the molecule is CC(C)(C)CCC(=O)CCCNC(=O)CCNC(C)(C)C. The van der Waals surface area contributed by atoms with Gasteiger partial charge in [0.2, 0.25) is 5.91 Å². The molecule has 0 aliphatic heterocycles. The number of nitrogens with one attached hydrogen (secondary N) is 2. The lowest BCUT2D eigenvalue weighted by atomic mass is 9.89. The molecule has 0 radical (unpaired) electrons. The molecule has 0 atom stereocenters. The Morgan fingerprint density at radius 3 is 2.00 bits per heavy atom. The normalized spacial score (nSPS) is 12.3. The highest BCUT2D eigenvalue weighted by atomic mass is 16.1. The molecule has 4 heteroatoms. The number of Topliss-reactive ketones (excluding diaryl/α,β-unsaturated/α-hetero) is 1. The van der Waals surface area contributed by atoms with Crippen LogP contribution in [0.3, 0.4) is 0 Å². The van der Waals surface area contributed by atoms with Gasteiger partial charge in [0.25, 0.3) is 0 Å². The van der Waals surface area contributed by atoms with E-state index in [2.05, 4.69) is 52.2 Å². The first-order valence-electron chi connectivity index (χ1n) is 8.03. The third-order valence-electron chi connectivity index (χ3n) is 3.12. The summed E-state index contributed by atoms with van der Waals surface area (Å²) in [7, 11) is 0. The van der Waals surface area contributed by atoms with Crippen molar-refractivity contribution in [1.82, 2.24) is 10.6 Å². The van der Waals surface area contributed by atoms with E-state index in [1.165, 1.54) is 0 Å². The van der Waals surface area contributed by atoms with Crippen LogP contribution in [0.15, 0.2) is 0 Å². The van der Waals surface area contributed by atoms with Crippen LogP contribution in [0.25, 0.3) is 0 Å². The van der Waals surface area contributed by atoms with Crippen LogP contribution in [0.4, 0.5) is 0 Å². The minimum absolute atomic E-state index is 0.0414. The van der Waals surface area contributed by atoms with Gasteiger partial charge in [-0.2, -0.15) is 0 Å². The number of ketones is 1. The minimum atomic E-state index is 0.0414. The van der Waals surface area contributed by atoms with Crippen LogP contribution in [-0.4, -0.2) is 30.3 Å². The Labute approximate surface area is 130 Å².